The number of nitrogens with two attached hydrogens (primary N) is 1. The Hall–Kier alpha value is -10.2. The van der Waals surface area contributed by atoms with Crippen LogP contribution in [0, 0.1) is 5.92 Å². The monoisotopic (exact) mass is 2060 g/mol. The second-order valence-corrected chi connectivity index (χ2v) is 37.7. The van der Waals surface area contributed by atoms with Gasteiger partial charge in [0.25, 0.3) is 5.91 Å². The minimum absolute atomic E-state index is 0.109. The lowest BCUT2D eigenvalue weighted by Crippen LogP contribution is -2.65. The zero-order valence-electron chi connectivity index (χ0n) is 79.2. The van der Waals surface area contributed by atoms with Crippen molar-refractivity contribution in [1.82, 2.24) is 58.5 Å². The zero-order valence-corrected chi connectivity index (χ0v) is 80.7. The summed E-state index contributed by atoms with van der Waals surface area (Å²) in [5, 5.41) is 232. The van der Waals surface area contributed by atoms with E-state index < -0.39 is 340 Å². The van der Waals surface area contributed by atoms with Crippen LogP contribution in [0.15, 0.2) is 72.8 Å². The summed E-state index contributed by atoms with van der Waals surface area (Å²) in [6, 6.07) is -2.73. The van der Waals surface area contributed by atoms with Gasteiger partial charge in [-0.3, -0.25) is 38.4 Å². The van der Waals surface area contributed by atoms with Crippen LogP contribution in [0.5, 0.6) is 46.0 Å². The summed E-state index contributed by atoms with van der Waals surface area (Å²) in [5.41, 5.74) is 0.542. The topological polar surface area (TPSA) is 750 Å². The molecule has 3 fully saturated rings. The number of aliphatic hydroxyl groups is 14. The van der Waals surface area contributed by atoms with E-state index in [0.29, 0.717) is 13.1 Å². The first kappa shape index (κ1) is 113. The van der Waals surface area contributed by atoms with Gasteiger partial charge in [0, 0.05) is 54.8 Å². The van der Waals surface area contributed by atoms with Crippen molar-refractivity contribution < 1.29 is 173 Å². The predicted octanol–water partition coefficient (Wildman–Crippen LogP) is -2.68. The molecule has 47 nitrogen and oxygen atoms in total. The van der Waals surface area contributed by atoms with Crippen LogP contribution in [0.1, 0.15) is 175 Å². The molecule has 8 heterocycles. The maximum atomic E-state index is 16.5. The van der Waals surface area contributed by atoms with Gasteiger partial charge in [0.1, 0.15) is 132 Å². The molecular formula is C94H130Cl2N12O35. The molecule has 0 aromatic heterocycles. The Kier molecular flexibility index (Phi) is 40.5. The second kappa shape index (κ2) is 51.2. The van der Waals surface area contributed by atoms with Gasteiger partial charge < -0.3 is 194 Å². The van der Waals surface area contributed by atoms with E-state index in [1.165, 1.54) is 38.4 Å². The molecule has 0 unspecified atom stereocenters. The van der Waals surface area contributed by atoms with Gasteiger partial charge in [0.2, 0.25) is 53.4 Å². The van der Waals surface area contributed by atoms with Crippen molar-refractivity contribution in [2.24, 2.45) is 11.7 Å². The first-order valence-corrected chi connectivity index (χ1v) is 48.0. The molecule has 5 aromatic rings. The smallest absolute Gasteiger partial charge is 0.330 e. The quantitative estimate of drug-likeness (QED) is 0.0178. The molecule has 5 aromatic carbocycles. The lowest BCUT2D eigenvalue weighted by atomic mass is 9.85. The molecule has 790 valence electrons. The van der Waals surface area contributed by atoms with Crippen molar-refractivity contribution in [3.63, 3.8) is 0 Å². The normalized spacial score (nSPS) is 28.4. The molecule has 11 bridgehead atoms. The van der Waals surface area contributed by atoms with Gasteiger partial charge in [-0.05, 0) is 136 Å². The standard InChI is InChI=1S/C94H130Cl2N12O35/c1-7-8-9-10-11-12-13-14-22-99-25-26-102-94(5)35-63(136-41(4)83(94)126)141-82-76(122)74(120)61(39-111)140-93(82)143-81-58-31-45-32-59(81)138-57-21-18-44(30-50(57)96)71(117)69-89(132)106-67(91(134)135)47-33-54(113)48(36-100-23-15-24-101-90(133)78(124)77(123)80(55(114)37-109)142-92-79(125)75(121)73(119)60(38-110)139-92)72(118)64(47)46-28-42(16-19-53(46)112)65(86(129)108-69)105-87(130)66(45)104-85(128)52(34-62(97)115)103-88(131)68(107-84(127)51(98-6)27-40(2)3)70(116)43-17-20-56(137-58)49(95)29-43/h16-21,28-33,40-41,51-52,55,60-61,63,65-71,73-80,82-83,92-93,98-100,102,109-114,116-126H,7-15,22-27,34-39H2,1-6H3,(H2,97,115)(H,101,133)(H,103,131)(H,104,128)(H,105,130)(H,106,132)(H,107,127)(H,108,129)(H,134,135)/t41-,51+,52-,55+,60+,61+,63-,65+,66+,67-,68+,69-,70+,71+,73-,74+,75-,76-,77+,78+,79+,80+,82+,83+,92-,93-,94-/m0/s1. The third-order valence-corrected chi connectivity index (χ3v) is 26.4. The number of aromatic hydroxyl groups is 3. The van der Waals surface area contributed by atoms with E-state index in [2.05, 4.69) is 65.4 Å². The first-order chi connectivity index (χ1) is 68.0. The van der Waals surface area contributed by atoms with Crippen LogP contribution < -0.4 is 78.4 Å². The van der Waals surface area contributed by atoms with E-state index in [4.69, 9.17) is 66.8 Å². The number of carbonyl (C=O) groups excluding carboxylic acids is 8. The van der Waals surface area contributed by atoms with Crippen LogP contribution in [0.25, 0.3) is 11.1 Å². The third-order valence-electron chi connectivity index (χ3n) is 25.8. The molecule has 8 aliphatic rings. The molecule has 49 heteroatoms. The number of benzene rings is 5. The number of aliphatic hydroxyl groups excluding tert-OH is 14. The highest BCUT2D eigenvalue weighted by molar-refractivity contribution is 6.32. The Morgan fingerprint density at radius 1 is 0.608 bits per heavy atom. The number of unbranched alkanes of at least 4 members (excludes halogenated alkanes) is 7. The van der Waals surface area contributed by atoms with E-state index in [-0.39, 0.29) is 49.4 Å². The summed E-state index contributed by atoms with van der Waals surface area (Å²) in [5.74, 6) is -18.7. The van der Waals surface area contributed by atoms with Crippen LogP contribution in [0.4, 0.5) is 0 Å². The fraction of sp³-hybridized carbons (Fsp3) is 0.585. The number of halogens is 2. The van der Waals surface area contributed by atoms with E-state index >= 15 is 24.0 Å². The molecular weight excluding hydrogens is 1930 g/mol. The van der Waals surface area contributed by atoms with E-state index in [9.17, 15) is 111 Å². The summed E-state index contributed by atoms with van der Waals surface area (Å²) >= 11 is 14.4. The van der Waals surface area contributed by atoms with Gasteiger partial charge in [-0.25, -0.2) is 4.79 Å². The van der Waals surface area contributed by atoms with Crippen LogP contribution in [-0.2, 0) is 73.4 Å². The number of rotatable bonds is 40. The Morgan fingerprint density at radius 3 is 1.81 bits per heavy atom. The highest BCUT2D eigenvalue weighted by atomic mass is 35.5. The van der Waals surface area contributed by atoms with Crippen LogP contribution >= 0.6 is 23.2 Å². The second-order valence-electron chi connectivity index (χ2n) is 36.8. The van der Waals surface area contributed by atoms with E-state index in [1.54, 1.807) is 27.7 Å². The fourth-order valence-corrected chi connectivity index (χ4v) is 18.2. The highest BCUT2D eigenvalue weighted by Crippen LogP contribution is 2.51. The fourth-order valence-electron chi connectivity index (χ4n) is 17.7. The molecule has 143 heavy (non-hydrogen) atoms. The lowest BCUT2D eigenvalue weighted by Gasteiger charge is -2.48. The molecule has 0 aliphatic carbocycles. The van der Waals surface area contributed by atoms with Gasteiger partial charge in [-0.15, -0.1) is 0 Å². The maximum Gasteiger partial charge on any atom is 0.330 e. The molecule has 8 aliphatic heterocycles. The molecule has 0 saturated carbocycles. The molecule has 0 spiro atoms. The van der Waals surface area contributed by atoms with Gasteiger partial charge in [-0.2, -0.15) is 0 Å². The van der Waals surface area contributed by atoms with E-state index in [0.717, 1.165) is 99.3 Å². The number of primary amides is 1. The van der Waals surface area contributed by atoms with Crippen molar-refractivity contribution in [2.75, 3.05) is 59.6 Å². The highest BCUT2D eigenvalue weighted by Gasteiger charge is 2.54. The zero-order chi connectivity index (χ0) is 104. The summed E-state index contributed by atoms with van der Waals surface area (Å²) < 4.78 is 50.3. The number of hydrogen-bond acceptors (Lipinski definition) is 38. The van der Waals surface area contributed by atoms with Crippen molar-refractivity contribution >= 4 is 76.4 Å². The van der Waals surface area contributed by atoms with Gasteiger partial charge in [0.05, 0.1) is 60.1 Å². The molecule has 13 rings (SSSR count). The minimum Gasteiger partial charge on any atom is -0.507 e. The summed E-state index contributed by atoms with van der Waals surface area (Å²) in [6.07, 6.45) is -28.8. The number of likely N-dealkylation sites (N-methyl/N-ethyl adjacent to an activating group) is 1. The Morgan fingerprint density at radius 2 is 1.20 bits per heavy atom. The largest absolute Gasteiger partial charge is 0.507 e. The minimum atomic E-state index is -2.47. The van der Waals surface area contributed by atoms with Crippen molar-refractivity contribution in [1.29, 1.82) is 0 Å². The lowest BCUT2D eigenvalue weighted by molar-refractivity contribution is -0.334. The average molecular weight is 2060 g/mol. The summed E-state index contributed by atoms with van der Waals surface area (Å²) in [6.45, 7) is 6.37. The third kappa shape index (κ3) is 27.6. The maximum absolute atomic E-state index is 16.5. The number of phenolic OH excluding ortho intramolecular Hbond substituents is 3. The van der Waals surface area contributed by atoms with Crippen molar-refractivity contribution in [2.45, 2.75) is 283 Å². The molecule has 27 atom stereocenters. The molecule has 8 amide bonds. The number of carboxylic acids is 1. The molecule has 31 N–H and O–H groups in total. The number of aliphatic carboxylic acids is 1. The van der Waals surface area contributed by atoms with E-state index in [1.807, 2.05) is 0 Å². The number of nitrogens with one attached hydrogen (secondary N) is 11. The van der Waals surface area contributed by atoms with Gasteiger partial charge in [-0.1, -0.05) is 107 Å². The number of fused-ring (bicyclic) bond motifs is 15. The number of carboxylic acid groups (broad SMARTS) is 1. The predicted molar refractivity (Wildman–Crippen MR) is 502 cm³/mol. The number of carbonyl (C=O) groups is 9. The first-order valence-electron chi connectivity index (χ1n) is 47.2. The SMILES string of the molecule is CCCCCCCCCCNCCN[C@@]1(C)C[C@H](O[C@H]2[C@H](Oc3c4cc5cc3Oc3ccc(cc3Cl)[C@@H](O)[C@@H](NC(=O)[C@@H](CC(C)C)NC)C(=O)N[C@@H](CC(N)=O)C(=O)N[C@H]5C(=O)N[C@H]3C(=O)N[C@H](C(=O)N[C@H](C(=O)O)c5cc(O)c(CNCCCNC(=O)[C@H](O)[C@@H](O)[C@H](O[C@@H]6O[C@H](CO)[C@H](O)[C@H](O)[C@H]6O)[C@H](O)CO)c(O)c5-c5cc3ccc5O)[C@H](O)c3ccc(c(Cl)c3)O4)O[C@H](CO)[C@@H](O)[C@@H]2O)O[C@@H](C)[C@H]1O. The molecule has 3 saturated heterocycles. The van der Waals surface area contributed by atoms with Crippen LogP contribution in [0.2, 0.25) is 10.0 Å². The summed E-state index contributed by atoms with van der Waals surface area (Å²) in [4.78, 5) is 134. The van der Waals surface area contributed by atoms with Crippen molar-refractivity contribution in [3.05, 3.63) is 116 Å². The number of ether oxygens (including phenoxy) is 8. The van der Waals surface area contributed by atoms with Gasteiger partial charge >= 0.3 is 5.97 Å². The van der Waals surface area contributed by atoms with Crippen LogP contribution in [0.3, 0.4) is 0 Å². The van der Waals surface area contributed by atoms with Crippen LogP contribution in [-0.4, -0.2) is 339 Å². The molecule has 0 radical (unpaired) electrons. The number of hydrogen-bond donors (Lipinski definition) is 30. The summed E-state index contributed by atoms with van der Waals surface area (Å²) in [7, 11) is 1.45. The van der Waals surface area contributed by atoms with Crippen molar-refractivity contribution in [3.8, 4) is 57.1 Å². The number of amides is 8. The Balaban J connectivity index is 1.01. The Bertz CT molecular complexity index is 5250. The average Bonchev–Trinajstić information content (AvgIpc) is 0.755. The number of phenols is 3. The van der Waals surface area contributed by atoms with Gasteiger partial charge in [0.15, 0.2) is 42.3 Å². The Labute approximate surface area is 831 Å².